The summed E-state index contributed by atoms with van der Waals surface area (Å²) in [6.45, 7) is 1.41. The first-order chi connectivity index (χ1) is 24.2. The fraction of sp³-hybridized carbons (Fsp3) is 0.400. The molecular formula is C35H44N5O10P. The number of aromatic hydroxyl groups is 1. The Balaban J connectivity index is 1.43. The molecule has 1 aliphatic carbocycles. The standard InChI is InChI=1S/C35H44N5O10P/c1-22(41)38-28(20-23-11-14-25(15-12-23)50-51(47,48)49)33(45)40-35(17-5-2-6-18-35)34(46)39-29(21-31(36)43)32(44)37-19-7-10-27-26-9-4-3-8-24(26)13-16-30(27)42/h3-4,8-9,11-16,28-29,42H,2,5-7,10,17-21H2,1H3,(H2,36,43)(H,37,44)(H,38,41)(H,39,46)(H,40,45)(H2,47,48,49). The van der Waals surface area contributed by atoms with E-state index in [2.05, 4.69) is 25.8 Å². The normalized spacial score (nSPS) is 15.2. The molecule has 5 amide bonds. The van der Waals surface area contributed by atoms with E-state index in [1.54, 1.807) is 6.07 Å². The minimum Gasteiger partial charge on any atom is -0.508 e. The molecule has 0 radical (unpaired) electrons. The van der Waals surface area contributed by atoms with Gasteiger partial charge >= 0.3 is 7.82 Å². The first-order valence-electron chi connectivity index (χ1n) is 16.7. The molecule has 2 unspecified atom stereocenters. The highest BCUT2D eigenvalue weighted by molar-refractivity contribution is 7.46. The van der Waals surface area contributed by atoms with Crippen LogP contribution < -0.4 is 31.5 Å². The number of hydrogen-bond donors (Lipinski definition) is 8. The van der Waals surface area contributed by atoms with Crippen molar-refractivity contribution in [3.8, 4) is 11.5 Å². The second-order valence-corrected chi connectivity index (χ2v) is 13.9. The largest absolute Gasteiger partial charge is 0.524 e. The third-order valence-corrected chi connectivity index (χ3v) is 9.18. The van der Waals surface area contributed by atoms with Gasteiger partial charge in [-0.25, -0.2) is 4.57 Å². The number of benzene rings is 3. The number of carbonyl (C=O) groups is 5. The smallest absolute Gasteiger partial charge is 0.508 e. The van der Waals surface area contributed by atoms with Gasteiger partial charge < -0.3 is 36.6 Å². The van der Waals surface area contributed by atoms with Crippen molar-refractivity contribution in [1.82, 2.24) is 21.3 Å². The molecule has 0 spiro atoms. The van der Waals surface area contributed by atoms with Gasteiger partial charge in [-0.2, -0.15) is 0 Å². The quantitative estimate of drug-likeness (QED) is 0.0788. The summed E-state index contributed by atoms with van der Waals surface area (Å²) < 4.78 is 15.7. The summed E-state index contributed by atoms with van der Waals surface area (Å²) >= 11 is 0. The van der Waals surface area contributed by atoms with Gasteiger partial charge in [0.2, 0.25) is 29.5 Å². The highest BCUT2D eigenvalue weighted by Gasteiger charge is 2.43. The Bertz CT molecular complexity index is 1790. The Morgan fingerprint density at radius 1 is 0.902 bits per heavy atom. The molecule has 3 aromatic carbocycles. The van der Waals surface area contributed by atoms with Gasteiger partial charge in [-0.1, -0.05) is 61.7 Å². The second-order valence-electron chi connectivity index (χ2n) is 12.7. The van der Waals surface area contributed by atoms with Crippen LogP contribution >= 0.6 is 7.82 Å². The third-order valence-electron chi connectivity index (χ3n) is 8.73. The van der Waals surface area contributed by atoms with Gasteiger partial charge in [0.25, 0.3) is 0 Å². The summed E-state index contributed by atoms with van der Waals surface area (Å²) in [5, 5.41) is 23.1. The number of phosphoric acid groups is 1. The molecule has 2 atom stereocenters. The van der Waals surface area contributed by atoms with Crippen LogP contribution in [0.15, 0.2) is 60.7 Å². The lowest BCUT2D eigenvalue weighted by Gasteiger charge is -2.38. The van der Waals surface area contributed by atoms with Crippen molar-refractivity contribution in [2.24, 2.45) is 5.73 Å². The highest BCUT2D eigenvalue weighted by atomic mass is 31.2. The summed E-state index contributed by atoms with van der Waals surface area (Å²) in [7, 11) is -4.77. The number of carbonyl (C=O) groups excluding carboxylic acids is 5. The molecule has 16 heteroatoms. The van der Waals surface area contributed by atoms with E-state index in [1.165, 1.54) is 31.2 Å². The average Bonchev–Trinajstić information content (AvgIpc) is 3.07. The summed E-state index contributed by atoms with van der Waals surface area (Å²) in [6, 6.07) is 14.2. The number of nitrogens with two attached hydrogens (primary N) is 1. The van der Waals surface area contributed by atoms with E-state index in [4.69, 9.17) is 15.5 Å². The molecule has 0 aliphatic heterocycles. The Hall–Kier alpha value is -4.98. The number of phenols is 1. The van der Waals surface area contributed by atoms with Crippen molar-refractivity contribution in [2.45, 2.75) is 82.3 Å². The predicted octanol–water partition coefficient (Wildman–Crippen LogP) is 1.99. The number of aryl methyl sites for hydroxylation is 1. The summed E-state index contributed by atoms with van der Waals surface area (Å²) in [4.78, 5) is 83.0. The monoisotopic (exact) mass is 725 g/mol. The molecule has 51 heavy (non-hydrogen) atoms. The van der Waals surface area contributed by atoms with Gasteiger partial charge in [0, 0.05) is 25.5 Å². The number of rotatable bonds is 16. The number of nitrogens with one attached hydrogen (secondary N) is 4. The van der Waals surface area contributed by atoms with Crippen LogP contribution in [0.5, 0.6) is 11.5 Å². The van der Waals surface area contributed by atoms with Crippen molar-refractivity contribution in [2.75, 3.05) is 6.54 Å². The van der Waals surface area contributed by atoms with Crippen molar-refractivity contribution < 1.29 is 48.0 Å². The fourth-order valence-electron chi connectivity index (χ4n) is 6.30. The summed E-state index contributed by atoms with van der Waals surface area (Å²) in [6.07, 6.45) is 2.87. The van der Waals surface area contributed by atoms with Gasteiger partial charge in [-0.15, -0.1) is 0 Å². The molecule has 274 valence electrons. The van der Waals surface area contributed by atoms with Crippen molar-refractivity contribution in [1.29, 1.82) is 0 Å². The molecule has 0 bridgehead atoms. The van der Waals surface area contributed by atoms with Gasteiger partial charge in [0.05, 0.1) is 6.42 Å². The minimum atomic E-state index is -4.77. The second kappa shape index (κ2) is 17.3. The van der Waals surface area contributed by atoms with E-state index in [0.717, 1.165) is 22.8 Å². The molecule has 0 heterocycles. The maximum atomic E-state index is 13.9. The van der Waals surface area contributed by atoms with Crippen LogP contribution in [0.2, 0.25) is 0 Å². The van der Waals surface area contributed by atoms with E-state index < -0.39 is 61.4 Å². The zero-order valence-corrected chi connectivity index (χ0v) is 29.1. The molecule has 9 N–H and O–H groups in total. The van der Waals surface area contributed by atoms with Gasteiger partial charge in [-0.05, 0) is 60.2 Å². The van der Waals surface area contributed by atoms with Gasteiger partial charge in [0.1, 0.15) is 29.1 Å². The zero-order valence-electron chi connectivity index (χ0n) is 28.2. The predicted molar refractivity (Wildman–Crippen MR) is 187 cm³/mol. The van der Waals surface area contributed by atoms with Gasteiger partial charge in [-0.3, -0.25) is 33.8 Å². The Labute approximate surface area is 294 Å². The lowest BCUT2D eigenvalue weighted by molar-refractivity contribution is -0.139. The molecule has 0 aromatic heterocycles. The molecule has 3 aromatic rings. The van der Waals surface area contributed by atoms with E-state index >= 15 is 0 Å². The average molecular weight is 726 g/mol. The maximum Gasteiger partial charge on any atom is 0.524 e. The Kier molecular flexibility index (Phi) is 13.2. The molecular weight excluding hydrogens is 681 g/mol. The number of hydrogen-bond acceptors (Lipinski definition) is 8. The first kappa shape index (κ1) is 38.8. The topological polar surface area (TPSA) is 246 Å². The van der Waals surface area contributed by atoms with Crippen LogP contribution in [0.25, 0.3) is 10.8 Å². The van der Waals surface area contributed by atoms with Crippen LogP contribution in [0, 0.1) is 0 Å². The molecule has 15 nitrogen and oxygen atoms in total. The van der Waals surface area contributed by atoms with Crippen LogP contribution in [0.4, 0.5) is 0 Å². The van der Waals surface area contributed by atoms with Crippen LogP contribution in [-0.4, -0.2) is 68.6 Å². The van der Waals surface area contributed by atoms with E-state index in [9.17, 15) is 33.6 Å². The lowest BCUT2D eigenvalue weighted by Crippen LogP contribution is -2.65. The lowest BCUT2D eigenvalue weighted by atomic mass is 9.80. The summed E-state index contributed by atoms with van der Waals surface area (Å²) in [5.41, 5.74) is 5.26. The molecule has 0 saturated heterocycles. The Morgan fingerprint density at radius 2 is 1.59 bits per heavy atom. The van der Waals surface area contributed by atoms with Crippen molar-refractivity contribution in [3.05, 3.63) is 71.8 Å². The number of phosphoric ester groups is 1. The van der Waals surface area contributed by atoms with Crippen molar-refractivity contribution in [3.63, 3.8) is 0 Å². The van der Waals surface area contributed by atoms with Crippen LogP contribution in [0.1, 0.15) is 63.0 Å². The van der Waals surface area contributed by atoms with E-state index in [0.29, 0.717) is 31.2 Å². The van der Waals surface area contributed by atoms with Gasteiger partial charge in [0.15, 0.2) is 0 Å². The van der Waals surface area contributed by atoms with Crippen LogP contribution in [0.3, 0.4) is 0 Å². The highest BCUT2D eigenvalue weighted by Crippen LogP contribution is 2.37. The minimum absolute atomic E-state index is 0.0252. The van der Waals surface area contributed by atoms with Crippen LogP contribution in [-0.2, 0) is 41.4 Å². The number of primary amides is 1. The fourth-order valence-corrected chi connectivity index (χ4v) is 6.69. The third kappa shape index (κ3) is 11.3. The first-order valence-corrected chi connectivity index (χ1v) is 18.2. The molecule has 1 saturated carbocycles. The zero-order chi connectivity index (χ0) is 37.2. The van der Waals surface area contributed by atoms with E-state index in [1.807, 2.05) is 30.3 Å². The number of phenolic OH excluding ortho intramolecular Hbond substituents is 1. The summed E-state index contributed by atoms with van der Waals surface area (Å²) in [5.74, 6) is -3.24. The number of amides is 5. The molecule has 4 rings (SSSR count). The molecule has 1 aliphatic rings. The Morgan fingerprint density at radius 3 is 2.24 bits per heavy atom. The van der Waals surface area contributed by atoms with Crippen molar-refractivity contribution >= 4 is 48.1 Å². The number of fused-ring (bicyclic) bond motifs is 1. The van der Waals surface area contributed by atoms with E-state index in [-0.39, 0.29) is 37.3 Å². The molecule has 1 fully saturated rings. The SMILES string of the molecule is CC(=O)NC(Cc1ccc(OP(=O)(O)O)cc1)C(=O)NC1(C(=O)NC(CC(N)=O)C(=O)NCCCc2c(O)ccc3ccccc23)CCCCC1. The maximum absolute atomic E-state index is 13.9.